The van der Waals surface area contributed by atoms with Crippen molar-refractivity contribution in [3.05, 3.63) is 0 Å². The molecule has 6 nitrogen and oxygen atoms in total. The highest BCUT2D eigenvalue weighted by atomic mass is 28.4. The van der Waals surface area contributed by atoms with Crippen LogP contribution in [0.15, 0.2) is 0 Å². The monoisotopic (exact) mass is 247 g/mol. The van der Waals surface area contributed by atoms with Crippen molar-refractivity contribution >= 4 is 15.3 Å². The Morgan fingerprint density at radius 3 is 2.94 bits per heavy atom. The van der Waals surface area contributed by atoms with Crippen LogP contribution in [0.25, 0.3) is 0 Å². The molecule has 3 aliphatic heterocycles. The van der Waals surface area contributed by atoms with Crippen LogP contribution >= 0.6 is 0 Å². The molecule has 3 heterocycles. The molecule has 0 amide bonds. The van der Waals surface area contributed by atoms with Gasteiger partial charge < -0.3 is 22.5 Å². The second kappa shape index (κ2) is 4.90. The van der Waals surface area contributed by atoms with Crippen LogP contribution in [-0.2, 0) is 22.5 Å². The van der Waals surface area contributed by atoms with Crippen LogP contribution in [0.2, 0.25) is 0 Å². The SMILES string of the molecule is CO[Si]12OCCN(CC(C)O1)CC(C=O)O2. The second-order valence-corrected chi connectivity index (χ2v) is 6.20. The number of hydrogen-bond acceptors (Lipinski definition) is 6. The summed E-state index contributed by atoms with van der Waals surface area (Å²) in [6.45, 7) is 4.60. The van der Waals surface area contributed by atoms with Crippen molar-refractivity contribution in [2.45, 2.75) is 19.1 Å². The molecule has 3 fully saturated rings. The van der Waals surface area contributed by atoms with Crippen LogP contribution in [-0.4, -0.2) is 65.8 Å². The third kappa shape index (κ3) is 2.50. The number of aldehydes is 1. The first-order valence-electron chi connectivity index (χ1n) is 5.40. The van der Waals surface area contributed by atoms with Gasteiger partial charge in [-0.1, -0.05) is 0 Å². The number of rotatable bonds is 2. The van der Waals surface area contributed by atoms with Crippen LogP contribution < -0.4 is 0 Å². The molecule has 3 rings (SSSR count). The highest BCUT2D eigenvalue weighted by Gasteiger charge is 2.51. The maximum absolute atomic E-state index is 10.9. The van der Waals surface area contributed by atoms with E-state index in [9.17, 15) is 4.79 Å². The summed E-state index contributed by atoms with van der Waals surface area (Å²) < 4.78 is 22.1. The molecule has 7 heteroatoms. The topological polar surface area (TPSA) is 57.2 Å². The van der Waals surface area contributed by atoms with Gasteiger partial charge in [0.15, 0.2) is 0 Å². The van der Waals surface area contributed by atoms with E-state index in [1.54, 1.807) is 0 Å². The van der Waals surface area contributed by atoms with Gasteiger partial charge in [-0.15, -0.1) is 0 Å². The Kier molecular flexibility index (Phi) is 3.72. The van der Waals surface area contributed by atoms with Gasteiger partial charge in [0.1, 0.15) is 12.4 Å². The molecule has 3 saturated heterocycles. The first-order chi connectivity index (χ1) is 7.67. The Balaban J connectivity index is 2.21. The van der Waals surface area contributed by atoms with E-state index >= 15 is 0 Å². The van der Waals surface area contributed by atoms with E-state index in [0.717, 1.165) is 19.4 Å². The van der Waals surface area contributed by atoms with Crippen LogP contribution in [0.4, 0.5) is 0 Å². The van der Waals surface area contributed by atoms with Gasteiger partial charge in [-0.3, -0.25) is 4.90 Å². The van der Waals surface area contributed by atoms with Crippen LogP contribution in [0.1, 0.15) is 6.92 Å². The number of hydrogen-bond donors (Lipinski definition) is 0. The van der Waals surface area contributed by atoms with E-state index in [4.69, 9.17) is 17.7 Å². The van der Waals surface area contributed by atoms with Crippen LogP contribution in [0.3, 0.4) is 0 Å². The van der Waals surface area contributed by atoms with Crippen molar-refractivity contribution in [2.75, 3.05) is 33.4 Å². The Hall–Kier alpha value is -0.313. The van der Waals surface area contributed by atoms with E-state index in [1.807, 2.05) is 6.92 Å². The van der Waals surface area contributed by atoms with Gasteiger partial charge in [0, 0.05) is 26.7 Å². The average Bonchev–Trinajstić information content (AvgIpc) is 2.20. The lowest BCUT2D eigenvalue weighted by molar-refractivity contribution is -0.133. The zero-order chi connectivity index (χ0) is 11.6. The zero-order valence-electron chi connectivity index (χ0n) is 9.55. The molecular weight excluding hydrogens is 230 g/mol. The zero-order valence-corrected chi connectivity index (χ0v) is 10.5. The van der Waals surface area contributed by atoms with Gasteiger partial charge in [0.05, 0.1) is 12.7 Å². The standard InChI is InChI=1S/C9H17NO5Si/c1-8-5-10-3-4-13-16(12-2,14-8)15-9(6-10)7-11/h7-9H,3-6H2,1-2H3. The quantitative estimate of drug-likeness (QED) is 0.480. The molecule has 0 aromatic carbocycles. The molecule has 4 unspecified atom stereocenters. The van der Waals surface area contributed by atoms with E-state index in [1.165, 1.54) is 7.11 Å². The smallest absolute Gasteiger partial charge is 0.355 e. The predicted molar refractivity (Wildman–Crippen MR) is 56.6 cm³/mol. The minimum absolute atomic E-state index is 0.0143. The largest absolute Gasteiger partial charge is 0.680 e. The highest BCUT2D eigenvalue weighted by Crippen LogP contribution is 2.21. The fourth-order valence-corrected chi connectivity index (χ4v) is 3.91. The summed E-state index contributed by atoms with van der Waals surface area (Å²) in [4.78, 5) is 13.0. The molecule has 2 bridgehead atoms. The summed E-state index contributed by atoms with van der Waals surface area (Å²) >= 11 is 0. The molecule has 0 aromatic heterocycles. The minimum Gasteiger partial charge on any atom is -0.355 e. The molecule has 0 radical (unpaired) electrons. The van der Waals surface area contributed by atoms with E-state index in [0.29, 0.717) is 13.2 Å². The second-order valence-electron chi connectivity index (χ2n) is 4.03. The summed E-state index contributed by atoms with van der Waals surface area (Å²) in [5, 5.41) is 0. The molecule has 92 valence electrons. The van der Waals surface area contributed by atoms with E-state index < -0.39 is 15.2 Å². The lowest BCUT2D eigenvalue weighted by Gasteiger charge is -2.40. The summed E-state index contributed by atoms with van der Waals surface area (Å²) in [7, 11) is -1.60. The Morgan fingerprint density at radius 2 is 2.25 bits per heavy atom. The number of nitrogens with zero attached hydrogens (tertiary/aromatic N) is 1. The predicted octanol–water partition coefficient (Wildman–Crippen LogP) is -0.597. The van der Waals surface area contributed by atoms with Crippen molar-refractivity contribution < 1.29 is 22.5 Å². The van der Waals surface area contributed by atoms with Gasteiger partial charge in [-0.2, -0.15) is 0 Å². The van der Waals surface area contributed by atoms with Crippen molar-refractivity contribution in [3.63, 3.8) is 0 Å². The van der Waals surface area contributed by atoms with Gasteiger partial charge in [0.25, 0.3) is 0 Å². The van der Waals surface area contributed by atoms with Gasteiger partial charge >= 0.3 is 9.05 Å². The van der Waals surface area contributed by atoms with Crippen molar-refractivity contribution in [1.82, 2.24) is 4.90 Å². The Labute approximate surface area is 95.9 Å². The Bertz CT molecular complexity index is 266. The molecule has 0 aromatic rings. The number of fused-ring (bicyclic) bond motifs is 6. The normalized spacial score (nSPS) is 44.5. The molecule has 4 atom stereocenters. The number of carbonyl (C=O) groups is 1. The summed E-state index contributed by atoms with van der Waals surface area (Å²) in [5.41, 5.74) is 0. The van der Waals surface area contributed by atoms with Gasteiger partial charge in [-0.05, 0) is 6.92 Å². The maximum Gasteiger partial charge on any atom is 0.680 e. The summed E-state index contributed by atoms with van der Waals surface area (Å²) in [5.74, 6) is 0. The third-order valence-electron chi connectivity index (χ3n) is 2.68. The van der Waals surface area contributed by atoms with E-state index in [2.05, 4.69) is 4.90 Å². The molecule has 16 heavy (non-hydrogen) atoms. The molecule has 0 aliphatic carbocycles. The lowest BCUT2D eigenvalue weighted by Crippen LogP contribution is -2.61. The first-order valence-corrected chi connectivity index (χ1v) is 7.03. The highest BCUT2D eigenvalue weighted by molar-refractivity contribution is 6.53. The van der Waals surface area contributed by atoms with Crippen LogP contribution in [0, 0.1) is 0 Å². The summed E-state index contributed by atoms with van der Waals surface area (Å²) in [6, 6.07) is 0. The fourth-order valence-electron chi connectivity index (χ4n) is 2.00. The lowest BCUT2D eigenvalue weighted by atomic mass is 10.3. The Morgan fingerprint density at radius 1 is 1.44 bits per heavy atom. The van der Waals surface area contributed by atoms with Gasteiger partial charge in [0.2, 0.25) is 0 Å². The molecule has 0 N–H and O–H groups in total. The average molecular weight is 247 g/mol. The first kappa shape index (κ1) is 12.2. The van der Waals surface area contributed by atoms with Crippen molar-refractivity contribution in [1.29, 1.82) is 0 Å². The van der Waals surface area contributed by atoms with Crippen molar-refractivity contribution in [2.24, 2.45) is 0 Å². The van der Waals surface area contributed by atoms with Crippen molar-refractivity contribution in [3.8, 4) is 0 Å². The molecular formula is C9H17NO5Si. The van der Waals surface area contributed by atoms with E-state index in [-0.39, 0.29) is 6.10 Å². The van der Waals surface area contributed by atoms with Gasteiger partial charge in [-0.25, -0.2) is 0 Å². The van der Waals surface area contributed by atoms with Crippen LogP contribution in [0.5, 0.6) is 0 Å². The number of carbonyl (C=O) groups excluding carboxylic acids is 1. The molecule has 3 aliphatic rings. The fraction of sp³-hybridized carbons (Fsp3) is 0.889. The third-order valence-corrected chi connectivity index (χ3v) is 5.02. The minimum atomic E-state index is -3.11. The summed E-state index contributed by atoms with van der Waals surface area (Å²) in [6.07, 6.45) is 0.237. The maximum atomic E-state index is 10.9. The molecule has 0 saturated carbocycles. The molecule has 0 spiro atoms.